The average molecular weight is 314 g/mol. The molecule has 1 aliphatic rings. The molecule has 0 unspecified atom stereocenters. The van der Waals surface area contributed by atoms with Crippen LogP contribution in [0.15, 0.2) is 29.7 Å². The summed E-state index contributed by atoms with van der Waals surface area (Å²) in [6, 6.07) is 5.70. The Balaban J connectivity index is 1.92. The van der Waals surface area contributed by atoms with Gasteiger partial charge >= 0.3 is 0 Å². The van der Waals surface area contributed by atoms with Crippen molar-refractivity contribution in [1.29, 1.82) is 0 Å². The van der Waals surface area contributed by atoms with Gasteiger partial charge in [0, 0.05) is 18.0 Å². The zero-order valence-corrected chi connectivity index (χ0v) is 13.0. The number of hydrogen-bond donors (Lipinski definition) is 1. The summed E-state index contributed by atoms with van der Waals surface area (Å²) in [6.07, 6.45) is 2.61. The average Bonchev–Trinajstić information content (AvgIpc) is 3.19. The summed E-state index contributed by atoms with van der Waals surface area (Å²) in [7, 11) is 3.13. The van der Waals surface area contributed by atoms with Crippen molar-refractivity contribution in [2.45, 2.75) is 6.42 Å². The highest BCUT2D eigenvalue weighted by Crippen LogP contribution is 2.33. The Hall–Kier alpha value is -2.47. The molecule has 22 heavy (non-hydrogen) atoms. The van der Waals surface area contributed by atoms with Crippen LogP contribution in [0.5, 0.6) is 5.75 Å². The summed E-state index contributed by atoms with van der Waals surface area (Å²) >= 11 is 1.18. The van der Waals surface area contributed by atoms with Crippen LogP contribution in [0, 0.1) is 0 Å². The van der Waals surface area contributed by atoms with E-state index in [1.165, 1.54) is 18.4 Å². The number of benzene rings is 1. The van der Waals surface area contributed by atoms with Crippen LogP contribution in [0.1, 0.15) is 31.4 Å². The topological polar surface area (TPSA) is 68.3 Å². The van der Waals surface area contributed by atoms with Crippen molar-refractivity contribution < 1.29 is 14.3 Å². The number of aromatic nitrogens is 1. The van der Waals surface area contributed by atoms with Gasteiger partial charge in [-0.25, -0.2) is 4.98 Å². The van der Waals surface area contributed by atoms with E-state index in [0.717, 1.165) is 11.1 Å². The lowest BCUT2D eigenvalue weighted by Crippen LogP contribution is -2.18. The van der Waals surface area contributed by atoms with Crippen molar-refractivity contribution >= 4 is 28.6 Å². The van der Waals surface area contributed by atoms with Crippen molar-refractivity contribution in [1.82, 2.24) is 10.3 Å². The summed E-state index contributed by atoms with van der Waals surface area (Å²) in [4.78, 5) is 28.3. The fourth-order valence-corrected chi connectivity index (χ4v) is 3.12. The van der Waals surface area contributed by atoms with Crippen LogP contribution in [0.2, 0.25) is 0 Å². The smallest absolute Gasteiger partial charge is 0.270 e. The first-order chi connectivity index (χ1) is 10.6. The molecular formula is C16H14N2O3S. The predicted octanol–water partition coefficient (Wildman–Crippen LogP) is 2.33. The third kappa shape index (κ3) is 2.42. The number of nitrogens with one attached hydrogen (secondary N) is 1. The van der Waals surface area contributed by atoms with Crippen molar-refractivity contribution in [3.05, 3.63) is 51.5 Å². The number of carbonyl (C=O) groups is 2. The molecule has 6 heteroatoms. The van der Waals surface area contributed by atoms with Crippen molar-refractivity contribution in [2.75, 3.05) is 14.2 Å². The van der Waals surface area contributed by atoms with Gasteiger partial charge in [0.05, 0.1) is 7.11 Å². The number of ether oxygens (including phenoxy) is 1. The summed E-state index contributed by atoms with van der Waals surface area (Å²) < 4.78 is 5.22. The van der Waals surface area contributed by atoms with Crippen molar-refractivity contribution in [3.8, 4) is 5.75 Å². The molecule has 2 aromatic rings. The molecular weight excluding hydrogens is 300 g/mol. The Morgan fingerprint density at radius 2 is 2.18 bits per heavy atom. The fourth-order valence-electron chi connectivity index (χ4n) is 2.37. The molecule has 0 saturated carbocycles. The Bertz CT molecular complexity index is 792. The number of rotatable bonds is 4. The van der Waals surface area contributed by atoms with Crippen LogP contribution in [-0.4, -0.2) is 30.8 Å². The van der Waals surface area contributed by atoms with Gasteiger partial charge in [-0.05, 0) is 29.7 Å². The zero-order chi connectivity index (χ0) is 15.7. The quantitative estimate of drug-likeness (QED) is 0.880. The molecule has 112 valence electrons. The number of fused-ring (bicyclic) bond motifs is 1. The number of ketones is 1. The van der Waals surface area contributed by atoms with E-state index in [4.69, 9.17) is 4.74 Å². The van der Waals surface area contributed by atoms with E-state index < -0.39 is 0 Å². The minimum absolute atomic E-state index is 0.160. The van der Waals surface area contributed by atoms with Crippen LogP contribution in [0.3, 0.4) is 0 Å². The summed E-state index contributed by atoms with van der Waals surface area (Å²) in [5.74, 6) is 0.259. The second kappa shape index (κ2) is 5.73. The molecule has 0 spiro atoms. The molecule has 1 N–H and O–H groups in total. The first kappa shape index (κ1) is 14.5. The molecule has 0 aliphatic heterocycles. The molecule has 0 radical (unpaired) electrons. The second-order valence-corrected chi connectivity index (χ2v) is 5.65. The summed E-state index contributed by atoms with van der Waals surface area (Å²) in [5, 5.41) is 4.41. The van der Waals surface area contributed by atoms with E-state index in [-0.39, 0.29) is 17.4 Å². The molecule has 5 nitrogen and oxygen atoms in total. The van der Waals surface area contributed by atoms with Crippen molar-refractivity contribution in [2.24, 2.45) is 0 Å². The SMILES string of the molecule is CNC(=O)c1csc(C(=O)C2=CCc3ccc(OC)cc32)n1. The number of Topliss-reactive ketones (excluding diaryl/α,β-unsaturated/α-hetero) is 1. The Kier molecular flexibility index (Phi) is 3.77. The Morgan fingerprint density at radius 1 is 1.36 bits per heavy atom. The molecule has 0 bridgehead atoms. The lowest BCUT2D eigenvalue weighted by Gasteiger charge is -2.06. The maximum Gasteiger partial charge on any atom is 0.270 e. The van der Waals surface area contributed by atoms with Gasteiger partial charge in [-0.3, -0.25) is 9.59 Å². The van der Waals surface area contributed by atoms with Gasteiger partial charge in [-0.2, -0.15) is 0 Å². The van der Waals surface area contributed by atoms with Crippen LogP contribution >= 0.6 is 11.3 Å². The lowest BCUT2D eigenvalue weighted by atomic mass is 10.0. The summed E-state index contributed by atoms with van der Waals surface area (Å²) in [5.41, 5.74) is 2.85. The maximum atomic E-state index is 12.6. The second-order valence-electron chi connectivity index (χ2n) is 4.79. The highest BCUT2D eigenvalue weighted by molar-refractivity contribution is 7.12. The fraction of sp³-hybridized carbons (Fsp3) is 0.188. The van der Waals surface area contributed by atoms with Crippen LogP contribution in [-0.2, 0) is 6.42 Å². The molecule has 1 heterocycles. The normalized spacial score (nSPS) is 12.5. The van der Waals surface area contributed by atoms with Gasteiger partial charge in [-0.15, -0.1) is 11.3 Å². The Labute approximate surface area is 131 Å². The van der Waals surface area contributed by atoms with E-state index in [1.54, 1.807) is 12.5 Å². The van der Waals surface area contributed by atoms with Gasteiger partial charge in [0.25, 0.3) is 5.91 Å². The van der Waals surface area contributed by atoms with Gasteiger partial charge in [0.1, 0.15) is 11.4 Å². The highest BCUT2D eigenvalue weighted by Gasteiger charge is 2.24. The van der Waals surface area contributed by atoms with Gasteiger partial charge < -0.3 is 10.1 Å². The number of thiazole rings is 1. The molecule has 0 atom stereocenters. The molecule has 1 amide bonds. The first-order valence-electron chi connectivity index (χ1n) is 6.73. The van der Waals surface area contributed by atoms with Crippen LogP contribution in [0.4, 0.5) is 0 Å². The van der Waals surface area contributed by atoms with Gasteiger partial charge in [-0.1, -0.05) is 12.1 Å². The number of methoxy groups -OCH3 is 1. The summed E-state index contributed by atoms with van der Waals surface area (Å²) in [6.45, 7) is 0. The molecule has 0 fully saturated rings. The largest absolute Gasteiger partial charge is 0.497 e. The molecule has 0 saturated heterocycles. The van der Waals surface area contributed by atoms with E-state index in [1.807, 2.05) is 24.3 Å². The van der Waals surface area contributed by atoms with E-state index in [0.29, 0.717) is 22.8 Å². The zero-order valence-electron chi connectivity index (χ0n) is 12.2. The van der Waals surface area contributed by atoms with Crippen molar-refractivity contribution in [3.63, 3.8) is 0 Å². The molecule has 1 aromatic heterocycles. The van der Waals surface area contributed by atoms with Crippen LogP contribution < -0.4 is 10.1 Å². The van der Waals surface area contributed by atoms with E-state index >= 15 is 0 Å². The number of carbonyl (C=O) groups excluding carboxylic acids is 2. The Morgan fingerprint density at radius 3 is 2.91 bits per heavy atom. The number of allylic oxidation sites excluding steroid dienone is 2. The molecule has 1 aromatic carbocycles. The molecule has 3 rings (SSSR count). The predicted molar refractivity (Wildman–Crippen MR) is 84.5 cm³/mol. The van der Waals surface area contributed by atoms with Crippen LogP contribution in [0.25, 0.3) is 5.57 Å². The third-order valence-corrected chi connectivity index (χ3v) is 4.38. The highest BCUT2D eigenvalue weighted by atomic mass is 32.1. The van der Waals surface area contributed by atoms with Gasteiger partial charge in [0.15, 0.2) is 5.01 Å². The number of hydrogen-bond acceptors (Lipinski definition) is 5. The first-order valence-corrected chi connectivity index (χ1v) is 7.61. The lowest BCUT2D eigenvalue weighted by molar-refractivity contribution is 0.0959. The van der Waals surface area contributed by atoms with E-state index in [2.05, 4.69) is 10.3 Å². The minimum Gasteiger partial charge on any atom is -0.497 e. The monoisotopic (exact) mass is 314 g/mol. The third-order valence-electron chi connectivity index (χ3n) is 3.54. The standard InChI is InChI=1S/C16H14N2O3S/c1-17-15(20)13-8-22-16(18-13)14(19)11-6-4-9-3-5-10(21-2)7-12(9)11/h3,5-8H,4H2,1-2H3,(H,17,20). The maximum absolute atomic E-state index is 12.6. The number of nitrogens with zero attached hydrogens (tertiary/aromatic N) is 1. The van der Waals surface area contributed by atoms with E-state index in [9.17, 15) is 9.59 Å². The minimum atomic E-state index is -0.294. The molecule has 1 aliphatic carbocycles. The van der Waals surface area contributed by atoms with Gasteiger partial charge in [0.2, 0.25) is 5.78 Å². The number of amides is 1.